The fraction of sp³-hybridized carbons (Fsp3) is 0.652. The number of amides is 1. The van der Waals surface area contributed by atoms with Crippen molar-refractivity contribution in [3.63, 3.8) is 0 Å². The van der Waals surface area contributed by atoms with E-state index in [0.717, 1.165) is 25.9 Å². The topological polar surface area (TPSA) is 139 Å². The van der Waals surface area contributed by atoms with Crippen LogP contribution >= 0.6 is 0 Å². The van der Waals surface area contributed by atoms with Gasteiger partial charge in [0.05, 0.1) is 18.8 Å². The Balaban J connectivity index is 1.37. The molecule has 0 spiro atoms. The average molecular weight is 519 g/mol. The molecule has 37 heavy (non-hydrogen) atoms. The highest BCUT2D eigenvalue weighted by Crippen LogP contribution is 2.30. The fourth-order valence-corrected chi connectivity index (χ4v) is 4.89. The number of piperazine rings is 1. The largest absolute Gasteiger partial charge is 0.378 e. The zero-order valence-corrected chi connectivity index (χ0v) is 20.7. The second-order valence-corrected chi connectivity index (χ2v) is 9.45. The highest BCUT2D eigenvalue weighted by molar-refractivity contribution is 5.76. The first-order chi connectivity index (χ1) is 18.0. The number of morpholine rings is 1. The molecule has 3 saturated heterocycles. The second kappa shape index (κ2) is 11.4. The van der Waals surface area contributed by atoms with E-state index in [0.29, 0.717) is 76.7 Å². The molecular formula is C23H32F2N10O2. The van der Waals surface area contributed by atoms with E-state index in [1.54, 1.807) is 0 Å². The SMILES string of the molecule is Nc1ncc(-c2nc(N3CCOCC3)nc(N3CCN(C(=O)CC4CCNCC4)CC3)n2)c(C(F)F)n1. The number of nitrogens with one attached hydrogen (secondary N) is 1. The van der Waals surface area contributed by atoms with Crippen molar-refractivity contribution in [3.05, 3.63) is 11.9 Å². The number of carbonyl (C=O) groups excluding carboxylic acids is 1. The molecule has 3 fully saturated rings. The van der Waals surface area contributed by atoms with Crippen LogP contribution in [0.15, 0.2) is 6.20 Å². The number of nitrogens with two attached hydrogens (primary N) is 1. The van der Waals surface area contributed by atoms with Crippen molar-refractivity contribution in [2.45, 2.75) is 25.7 Å². The van der Waals surface area contributed by atoms with E-state index in [2.05, 4.69) is 30.2 Å². The molecule has 3 aliphatic heterocycles. The Bertz CT molecular complexity index is 1090. The zero-order valence-electron chi connectivity index (χ0n) is 20.7. The quantitative estimate of drug-likeness (QED) is 0.559. The first kappa shape index (κ1) is 25.4. The van der Waals surface area contributed by atoms with Gasteiger partial charge in [-0.1, -0.05) is 0 Å². The van der Waals surface area contributed by atoms with Crippen molar-refractivity contribution < 1.29 is 18.3 Å². The molecule has 5 heterocycles. The molecule has 2 aromatic heterocycles. The van der Waals surface area contributed by atoms with Crippen molar-refractivity contribution in [3.8, 4) is 11.4 Å². The summed E-state index contributed by atoms with van der Waals surface area (Å²) >= 11 is 0. The van der Waals surface area contributed by atoms with E-state index in [4.69, 9.17) is 10.5 Å². The van der Waals surface area contributed by atoms with Gasteiger partial charge in [-0.2, -0.15) is 15.0 Å². The summed E-state index contributed by atoms with van der Waals surface area (Å²) in [5, 5.41) is 3.33. The maximum Gasteiger partial charge on any atom is 0.281 e. The van der Waals surface area contributed by atoms with Gasteiger partial charge in [-0.05, 0) is 31.8 Å². The Hall–Kier alpha value is -3.26. The van der Waals surface area contributed by atoms with Crippen molar-refractivity contribution in [1.29, 1.82) is 0 Å². The number of anilines is 3. The smallest absolute Gasteiger partial charge is 0.281 e. The van der Waals surface area contributed by atoms with Gasteiger partial charge in [0.2, 0.25) is 23.8 Å². The van der Waals surface area contributed by atoms with Crippen LogP contribution in [0.25, 0.3) is 11.4 Å². The lowest BCUT2D eigenvalue weighted by atomic mass is 9.94. The Morgan fingerprint density at radius 1 is 1.00 bits per heavy atom. The molecule has 3 N–H and O–H groups in total. The van der Waals surface area contributed by atoms with Gasteiger partial charge in [-0.3, -0.25) is 4.79 Å². The minimum atomic E-state index is -2.87. The fourth-order valence-electron chi connectivity index (χ4n) is 4.89. The van der Waals surface area contributed by atoms with Crippen LogP contribution in [0, 0.1) is 5.92 Å². The number of carbonyl (C=O) groups is 1. The zero-order chi connectivity index (χ0) is 25.8. The van der Waals surface area contributed by atoms with Crippen LogP contribution in [0.3, 0.4) is 0 Å². The monoisotopic (exact) mass is 518 g/mol. The lowest BCUT2D eigenvalue weighted by Crippen LogP contribution is -2.50. The number of alkyl halides is 2. The van der Waals surface area contributed by atoms with Crippen LogP contribution in [0.1, 0.15) is 31.4 Å². The van der Waals surface area contributed by atoms with Crippen LogP contribution in [0.4, 0.5) is 26.6 Å². The summed E-state index contributed by atoms with van der Waals surface area (Å²) in [5.41, 5.74) is 5.05. The molecule has 0 radical (unpaired) electrons. The number of hydrogen-bond acceptors (Lipinski definition) is 11. The van der Waals surface area contributed by atoms with Gasteiger partial charge in [0.1, 0.15) is 5.69 Å². The molecule has 0 atom stereocenters. The van der Waals surface area contributed by atoms with Crippen LogP contribution < -0.4 is 20.9 Å². The number of aromatic nitrogens is 5. The molecule has 200 valence electrons. The van der Waals surface area contributed by atoms with E-state index < -0.39 is 12.1 Å². The van der Waals surface area contributed by atoms with Crippen molar-refractivity contribution in [2.24, 2.45) is 5.92 Å². The van der Waals surface area contributed by atoms with E-state index in [1.165, 1.54) is 6.20 Å². The average Bonchev–Trinajstić information content (AvgIpc) is 2.94. The molecule has 0 aromatic carbocycles. The van der Waals surface area contributed by atoms with E-state index >= 15 is 0 Å². The summed E-state index contributed by atoms with van der Waals surface area (Å²) in [6, 6.07) is 0. The summed E-state index contributed by atoms with van der Waals surface area (Å²) < 4.78 is 33.0. The minimum Gasteiger partial charge on any atom is -0.378 e. The van der Waals surface area contributed by atoms with E-state index in [-0.39, 0.29) is 23.2 Å². The molecule has 0 unspecified atom stereocenters. The lowest BCUT2D eigenvalue weighted by molar-refractivity contribution is -0.132. The van der Waals surface area contributed by atoms with E-state index in [1.807, 2.05) is 14.7 Å². The summed E-state index contributed by atoms with van der Waals surface area (Å²) in [5.74, 6) is 1.18. The van der Waals surface area contributed by atoms with E-state index in [9.17, 15) is 13.6 Å². The predicted molar refractivity (Wildman–Crippen MR) is 132 cm³/mol. The highest BCUT2D eigenvalue weighted by Gasteiger charge is 2.28. The first-order valence-corrected chi connectivity index (χ1v) is 12.7. The number of rotatable bonds is 6. The summed E-state index contributed by atoms with van der Waals surface area (Å²) in [6.45, 7) is 6.26. The molecule has 1 amide bonds. The van der Waals surface area contributed by atoms with Crippen molar-refractivity contribution >= 4 is 23.8 Å². The summed E-state index contributed by atoms with van der Waals surface area (Å²) in [7, 11) is 0. The van der Waals surface area contributed by atoms with Gasteiger partial charge in [0, 0.05) is 51.9 Å². The molecule has 3 aliphatic rings. The van der Waals surface area contributed by atoms with Gasteiger partial charge in [-0.25, -0.2) is 18.7 Å². The van der Waals surface area contributed by atoms with Crippen LogP contribution in [0.5, 0.6) is 0 Å². The molecule has 0 saturated carbocycles. The molecule has 14 heteroatoms. The summed E-state index contributed by atoms with van der Waals surface area (Å²) in [4.78, 5) is 40.0. The van der Waals surface area contributed by atoms with Crippen LogP contribution in [-0.4, -0.2) is 101 Å². The number of piperidine rings is 1. The normalized spacial score (nSPS) is 19.5. The minimum absolute atomic E-state index is 0.0122. The molecule has 12 nitrogen and oxygen atoms in total. The maximum atomic E-state index is 13.8. The standard InChI is InChI=1S/C23H32F2N10O2/c24-19(25)18-16(14-28-21(26)29-18)20-30-22(32-23(31-20)35-9-11-37-12-10-35)34-7-5-33(6-8-34)17(36)13-15-1-3-27-4-2-15/h14-15,19,27H,1-13H2,(H2,26,28,29). The Kier molecular flexibility index (Phi) is 7.84. The highest BCUT2D eigenvalue weighted by atomic mass is 19.3. The number of ether oxygens (including phenoxy) is 1. The third kappa shape index (κ3) is 6.01. The van der Waals surface area contributed by atoms with Gasteiger partial charge in [-0.15, -0.1) is 0 Å². The Labute approximate surface area is 213 Å². The Morgan fingerprint density at radius 3 is 2.30 bits per heavy atom. The molecule has 5 rings (SSSR count). The molecule has 0 aliphatic carbocycles. The maximum absolute atomic E-state index is 13.8. The number of hydrogen-bond donors (Lipinski definition) is 2. The third-order valence-corrected chi connectivity index (χ3v) is 7.03. The molecular weight excluding hydrogens is 486 g/mol. The molecule has 0 bridgehead atoms. The van der Waals surface area contributed by atoms with Gasteiger partial charge >= 0.3 is 0 Å². The van der Waals surface area contributed by atoms with Crippen molar-refractivity contribution in [2.75, 3.05) is 81.1 Å². The van der Waals surface area contributed by atoms with Gasteiger partial charge in [0.15, 0.2) is 5.82 Å². The van der Waals surface area contributed by atoms with Crippen molar-refractivity contribution in [1.82, 2.24) is 35.1 Å². The van der Waals surface area contributed by atoms with Crippen LogP contribution in [-0.2, 0) is 9.53 Å². The predicted octanol–water partition coefficient (Wildman–Crippen LogP) is 0.723. The first-order valence-electron chi connectivity index (χ1n) is 12.7. The summed E-state index contributed by atoms with van der Waals surface area (Å²) in [6.07, 6.45) is 0.982. The lowest BCUT2D eigenvalue weighted by Gasteiger charge is -2.36. The number of halogens is 2. The van der Waals surface area contributed by atoms with Gasteiger partial charge in [0.25, 0.3) is 6.43 Å². The third-order valence-electron chi connectivity index (χ3n) is 7.03. The number of nitrogen functional groups attached to an aromatic ring is 1. The van der Waals surface area contributed by atoms with Crippen LogP contribution in [0.2, 0.25) is 0 Å². The number of nitrogens with zero attached hydrogens (tertiary/aromatic N) is 8. The Morgan fingerprint density at radius 2 is 1.65 bits per heavy atom. The van der Waals surface area contributed by atoms with Gasteiger partial charge < -0.3 is 30.5 Å². The molecule has 2 aromatic rings. The second-order valence-electron chi connectivity index (χ2n) is 9.45.